The molecule has 3 amide bonds. The molecule has 9 heterocycles. The fraction of sp³-hybridized carbons (Fsp3) is 0.430. The van der Waals surface area contributed by atoms with E-state index >= 15 is 0 Å². The van der Waals surface area contributed by atoms with Crippen LogP contribution in [0.3, 0.4) is 0 Å². The SMILES string of the molecule is CCOC(=O)CC1CCc2cc(OC)c(-c3ccc(N4CCC4)nc3CN3C(=O)O[C@H](c4cc(C(F)(F)F)cc(C(F)(F)F)c4)[C@@H]3C)cc21.CCOC(=O)[C@H]1C[C@@H]1c1ccc(OC)c(-c2ccc(N3CCC3)nc2CN2C(=O)O[C@H](c3cc(C(F)(F)F)cc(C(F)(F)F)c3)[C@@H]2C)c1.COC(=O)CCc1ccc(Cl)c(-c2ccc(N3CCC3)nc2CN2C(=O)O[C@H](c3cc(C(F)(F)F)cc(C(F)(F)F)c3)[C@@H]2C)c1. The van der Waals surface area contributed by atoms with Gasteiger partial charge in [0.2, 0.25) is 0 Å². The first-order valence-electron chi connectivity index (χ1n) is 45.6. The lowest BCUT2D eigenvalue weighted by atomic mass is 9.92. The highest BCUT2D eigenvalue weighted by atomic mass is 35.5. The van der Waals surface area contributed by atoms with Gasteiger partial charge in [-0.3, -0.25) is 29.1 Å². The van der Waals surface area contributed by atoms with Gasteiger partial charge < -0.3 is 52.6 Å². The van der Waals surface area contributed by atoms with Crippen molar-refractivity contribution in [1.82, 2.24) is 29.7 Å². The van der Waals surface area contributed by atoms with Crippen molar-refractivity contribution in [3.63, 3.8) is 0 Å². The fourth-order valence-corrected chi connectivity index (χ4v) is 18.6. The molecule has 0 spiro atoms. The van der Waals surface area contributed by atoms with E-state index in [1.54, 1.807) is 44.2 Å². The van der Waals surface area contributed by atoms with Crippen LogP contribution in [0, 0.1) is 5.92 Å². The Balaban J connectivity index is 0.000000161. The van der Waals surface area contributed by atoms with Crippen LogP contribution in [0.4, 0.5) is 111 Å². The van der Waals surface area contributed by atoms with Crippen LogP contribution in [-0.4, -0.2) is 158 Å². The number of anilines is 3. The number of carbonyl (C=O) groups is 6. The largest absolute Gasteiger partial charge is 0.496 e. The Kier molecular flexibility index (Phi) is 30.0. The zero-order chi connectivity index (χ0) is 102. The average Bonchev–Trinajstić information content (AvgIpc) is 1.61. The molecule has 0 radical (unpaired) electrons. The van der Waals surface area contributed by atoms with Crippen molar-refractivity contribution in [2.45, 2.75) is 197 Å². The van der Waals surface area contributed by atoms with Crippen molar-refractivity contribution in [2.75, 3.05) is 88.5 Å². The van der Waals surface area contributed by atoms with Crippen molar-refractivity contribution >= 4 is 65.2 Å². The van der Waals surface area contributed by atoms with Crippen LogP contribution in [0.1, 0.15) is 199 Å². The maximum absolute atomic E-state index is 13.6. The Labute approximate surface area is 807 Å². The third-order valence-electron chi connectivity index (χ3n) is 26.5. The van der Waals surface area contributed by atoms with Crippen molar-refractivity contribution in [1.29, 1.82) is 0 Å². The standard InChI is InChI=1S/C35H35F6N3O5.C34H33F6N3O5.C31H28ClF6N3O4/c1-4-48-31(45)15-21-7-6-20-14-29(47-3)27(17-26(20)21)25-8-9-30(43-10-5-11-43)42-28(25)18-44-19(2)32(49-33(44)46)22-12-23(34(36,37)38)16-24(13-22)35(39,40)41;1-4-47-31(44)26-16-24(26)19-6-8-28(46-3)25(14-19)23-7-9-29(42-10-5-11-42)41-27(23)17-43-18(2)30(48-32(43)45)20-12-21(33(35,36)37)15-22(13-20)34(38,39)40;1-17-28(19-13-20(30(33,34)35)15-21(14-19)31(36,37)38)45-29(43)41(17)16-25-22(6-8-26(39-25)40-10-3-11-40)23-12-18(4-7-24(23)32)5-9-27(42)44-2/h8-9,12-14,16-17,19,21,32H,4-7,10-11,15,18H2,1-3H3;6-9,12-15,18,24,26,30H,4-5,10-11,16-17H2,1-3H3;4,6-8,12-15,17,28H,3,5,9-11,16H2,1-2H3/t19-,21?,32-;18-,24+,26-,30-;17-,28-/m000/s1. The minimum absolute atomic E-state index is 0.0310. The van der Waals surface area contributed by atoms with E-state index in [1.165, 1.54) is 56.8 Å². The number of fused-ring (bicyclic) bond motifs is 1. The van der Waals surface area contributed by atoms with Gasteiger partial charge in [-0.1, -0.05) is 23.7 Å². The monoisotopic (exact) mass is 2020 g/mol. The molecule has 9 aromatic rings. The normalized spacial score (nSPS) is 20.5. The Morgan fingerprint density at radius 3 is 1.15 bits per heavy atom. The maximum atomic E-state index is 13.6. The first kappa shape index (κ1) is 103. The van der Waals surface area contributed by atoms with Crippen LogP contribution in [0.15, 0.2) is 140 Å². The number of methoxy groups -OCH3 is 3. The molecular formula is C100H96ClF18N9O14. The number of nitrogens with zero attached hydrogens (tertiary/aromatic N) is 9. The summed E-state index contributed by atoms with van der Waals surface area (Å²) in [4.78, 5) is 101. The first-order chi connectivity index (χ1) is 67.0. The van der Waals surface area contributed by atoms with Gasteiger partial charge in [0.25, 0.3) is 0 Å². The molecule has 17 rings (SSSR count). The number of aromatic nitrogens is 3. The number of halogens is 19. The number of cyclic esters (lactones) is 3. The average molecular weight is 2030 g/mol. The predicted octanol–water partition coefficient (Wildman–Crippen LogP) is 23.7. The summed E-state index contributed by atoms with van der Waals surface area (Å²) in [5.74, 6) is 1.70. The molecule has 7 fully saturated rings. The summed E-state index contributed by atoms with van der Waals surface area (Å²) in [6.07, 6.45) is -31.5. The zero-order valence-electron chi connectivity index (χ0n) is 77.5. The van der Waals surface area contributed by atoms with E-state index < -0.39 is 142 Å². The minimum Gasteiger partial charge on any atom is -0.496 e. The van der Waals surface area contributed by atoms with Gasteiger partial charge in [-0.15, -0.1) is 0 Å². The van der Waals surface area contributed by atoms with E-state index in [0.717, 1.165) is 93.6 Å². The van der Waals surface area contributed by atoms with Gasteiger partial charge in [0.1, 0.15) is 47.3 Å². The van der Waals surface area contributed by atoms with Gasteiger partial charge >= 0.3 is 73.2 Å². The Morgan fingerprint density at radius 2 is 0.803 bits per heavy atom. The van der Waals surface area contributed by atoms with Crippen LogP contribution < -0.4 is 24.2 Å². The first-order valence-corrected chi connectivity index (χ1v) is 46.0. The van der Waals surface area contributed by atoms with E-state index in [9.17, 15) is 108 Å². The summed E-state index contributed by atoms with van der Waals surface area (Å²) in [6.45, 7) is 12.8. The molecule has 6 saturated heterocycles. The highest BCUT2D eigenvalue weighted by Gasteiger charge is 2.51. The van der Waals surface area contributed by atoms with Crippen molar-refractivity contribution in [2.24, 2.45) is 5.92 Å². The fourth-order valence-electron chi connectivity index (χ4n) is 18.4. The van der Waals surface area contributed by atoms with Crippen LogP contribution in [-0.2, 0) is 112 Å². The molecule has 9 atom stereocenters. The molecule has 0 N–H and O–H groups in total. The molecule has 1 unspecified atom stereocenters. The van der Waals surface area contributed by atoms with Gasteiger partial charge in [0.05, 0.1) is 135 Å². The Bertz CT molecular complexity index is 6170. The van der Waals surface area contributed by atoms with Crippen LogP contribution in [0.25, 0.3) is 33.4 Å². The summed E-state index contributed by atoms with van der Waals surface area (Å²) in [6, 6.07) is 26.5. The summed E-state index contributed by atoms with van der Waals surface area (Å²) in [7, 11) is 4.34. The van der Waals surface area contributed by atoms with Gasteiger partial charge in [0, 0.05) is 84.1 Å². The Hall–Kier alpha value is -13.0. The number of pyridine rings is 3. The van der Waals surface area contributed by atoms with E-state index in [0.29, 0.717) is 134 Å². The number of alkyl halides is 18. The maximum Gasteiger partial charge on any atom is 0.416 e. The lowest BCUT2D eigenvalue weighted by Crippen LogP contribution is -2.38. The molecule has 0 bridgehead atoms. The van der Waals surface area contributed by atoms with E-state index in [2.05, 4.69) is 4.90 Å². The number of hydrogen-bond acceptors (Lipinski definition) is 20. The molecule has 758 valence electrons. The van der Waals surface area contributed by atoms with E-state index in [4.69, 9.17) is 64.4 Å². The molecule has 6 aliphatic heterocycles. The third kappa shape index (κ3) is 22.7. The molecule has 8 aliphatic rings. The lowest BCUT2D eigenvalue weighted by molar-refractivity contribution is -0.145. The van der Waals surface area contributed by atoms with Crippen LogP contribution in [0.2, 0.25) is 5.02 Å². The molecular weight excluding hydrogens is 1930 g/mol. The highest BCUT2D eigenvalue weighted by Crippen LogP contribution is 2.53. The van der Waals surface area contributed by atoms with E-state index in [1.807, 2.05) is 64.4 Å². The number of esters is 3. The number of rotatable bonds is 26. The number of benzene rings is 6. The van der Waals surface area contributed by atoms with Crippen LogP contribution in [0.5, 0.6) is 11.5 Å². The molecule has 1 saturated carbocycles. The summed E-state index contributed by atoms with van der Waals surface area (Å²) < 4.78 is 288. The molecule has 142 heavy (non-hydrogen) atoms. The van der Waals surface area contributed by atoms with E-state index in [-0.39, 0.29) is 99.6 Å². The van der Waals surface area contributed by atoms with Crippen molar-refractivity contribution < 1.29 is 146 Å². The second-order valence-corrected chi connectivity index (χ2v) is 36.0. The molecule has 6 aromatic carbocycles. The third-order valence-corrected chi connectivity index (χ3v) is 26.9. The van der Waals surface area contributed by atoms with Gasteiger partial charge in [-0.25, -0.2) is 29.3 Å². The molecule has 23 nitrogen and oxygen atoms in total. The highest BCUT2D eigenvalue weighted by molar-refractivity contribution is 6.33. The number of amides is 3. The predicted molar refractivity (Wildman–Crippen MR) is 480 cm³/mol. The number of ether oxygens (including phenoxy) is 8. The molecule has 3 aromatic heterocycles. The second-order valence-electron chi connectivity index (χ2n) is 35.6. The lowest BCUT2D eigenvalue weighted by Gasteiger charge is -2.33. The minimum atomic E-state index is -5.05. The van der Waals surface area contributed by atoms with Gasteiger partial charge in [-0.05, 0) is 258 Å². The van der Waals surface area contributed by atoms with Gasteiger partial charge in [0.15, 0.2) is 0 Å². The van der Waals surface area contributed by atoms with Crippen molar-refractivity contribution in [3.8, 4) is 44.9 Å². The number of hydrogen-bond donors (Lipinski definition) is 0. The number of aryl methyl sites for hydroxylation is 2. The smallest absolute Gasteiger partial charge is 0.416 e. The molecule has 2 aliphatic carbocycles. The summed E-state index contributed by atoms with van der Waals surface area (Å²) in [5, 5.41) is 0.370. The quantitative estimate of drug-likeness (QED) is 0.0278. The molecule has 42 heteroatoms. The Morgan fingerprint density at radius 1 is 0.423 bits per heavy atom. The van der Waals surface area contributed by atoms with Gasteiger partial charge in [-0.2, -0.15) is 79.0 Å². The van der Waals surface area contributed by atoms with Crippen LogP contribution >= 0.6 is 11.6 Å². The van der Waals surface area contributed by atoms with Crippen molar-refractivity contribution in [3.05, 3.63) is 234 Å². The number of carbonyl (C=O) groups excluding carboxylic acids is 6. The zero-order valence-corrected chi connectivity index (χ0v) is 78.3. The topological polar surface area (TPSA) is 234 Å². The second kappa shape index (κ2) is 41.2. The summed E-state index contributed by atoms with van der Waals surface area (Å²) in [5.41, 5.74) is -1.60. The summed E-state index contributed by atoms with van der Waals surface area (Å²) >= 11 is 6.60.